The molecular weight excluding hydrogens is 198 g/mol. The normalized spacial score (nSPS) is 27.9. The van der Waals surface area contributed by atoms with Crippen molar-refractivity contribution in [1.29, 1.82) is 0 Å². The molecule has 0 spiro atoms. The van der Waals surface area contributed by atoms with Gasteiger partial charge in [0, 0.05) is 0 Å². The lowest BCUT2D eigenvalue weighted by molar-refractivity contribution is -0.00282. The predicted octanol–water partition coefficient (Wildman–Crippen LogP) is 3.22. The molecule has 0 radical (unpaired) electrons. The summed E-state index contributed by atoms with van der Waals surface area (Å²) in [4.78, 5) is 0. The molecule has 1 aliphatic carbocycles. The maximum Gasteiger partial charge on any atom is 0.0578 e. The molecule has 96 valence electrons. The Morgan fingerprint density at radius 3 is 2.81 bits per heavy atom. The first-order chi connectivity index (χ1) is 7.76. The smallest absolute Gasteiger partial charge is 0.0578 e. The van der Waals surface area contributed by atoms with E-state index in [0.29, 0.717) is 12.0 Å². The molecule has 1 fully saturated rings. The lowest BCUT2D eigenvalue weighted by Crippen LogP contribution is -2.28. The van der Waals surface area contributed by atoms with E-state index in [2.05, 4.69) is 26.1 Å². The van der Waals surface area contributed by atoms with Gasteiger partial charge < -0.3 is 10.1 Å². The number of ether oxygens (including phenoxy) is 1. The monoisotopic (exact) mass is 227 g/mol. The second kappa shape index (κ2) is 8.08. The Kier molecular flexibility index (Phi) is 7.06. The molecule has 0 aliphatic heterocycles. The molecule has 1 saturated carbocycles. The summed E-state index contributed by atoms with van der Waals surface area (Å²) in [6.07, 6.45) is 7.23. The average Bonchev–Trinajstić information content (AvgIpc) is 2.34. The molecular formula is C14H29NO. The minimum atomic E-state index is 0.544. The first-order valence-corrected chi connectivity index (χ1v) is 7.08. The summed E-state index contributed by atoms with van der Waals surface area (Å²) in [6, 6.07) is 0. The minimum Gasteiger partial charge on any atom is -0.378 e. The van der Waals surface area contributed by atoms with Crippen LogP contribution in [0.2, 0.25) is 0 Å². The molecule has 0 heterocycles. The van der Waals surface area contributed by atoms with Crippen LogP contribution in [0.4, 0.5) is 0 Å². The second-order valence-corrected chi connectivity index (χ2v) is 5.31. The highest BCUT2D eigenvalue weighted by Crippen LogP contribution is 2.28. The van der Waals surface area contributed by atoms with E-state index in [9.17, 15) is 0 Å². The molecule has 2 nitrogen and oxygen atoms in total. The first kappa shape index (κ1) is 14.0. The van der Waals surface area contributed by atoms with E-state index >= 15 is 0 Å². The van der Waals surface area contributed by atoms with Crippen molar-refractivity contribution in [1.82, 2.24) is 5.32 Å². The maximum absolute atomic E-state index is 6.03. The van der Waals surface area contributed by atoms with Crippen LogP contribution in [0.25, 0.3) is 0 Å². The molecule has 0 aromatic rings. The maximum atomic E-state index is 6.03. The van der Waals surface area contributed by atoms with Gasteiger partial charge in [0.05, 0.1) is 12.7 Å². The van der Waals surface area contributed by atoms with Crippen molar-refractivity contribution >= 4 is 0 Å². The van der Waals surface area contributed by atoms with Crippen molar-refractivity contribution in [3.05, 3.63) is 0 Å². The zero-order valence-electron chi connectivity index (χ0n) is 11.3. The predicted molar refractivity (Wildman–Crippen MR) is 69.7 cm³/mol. The van der Waals surface area contributed by atoms with Crippen LogP contribution in [-0.4, -0.2) is 25.8 Å². The summed E-state index contributed by atoms with van der Waals surface area (Å²) >= 11 is 0. The van der Waals surface area contributed by atoms with E-state index in [4.69, 9.17) is 4.74 Å². The van der Waals surface area contributed by atoms with Crippen LogP contribution >= 0.6 is 0 Å². The average molecular weight is 227 g/mol. The Morgan fingerprint density at radius 2 is 2.12 bits per heavy atom. The fraction of sp³-hybridized carbons (Fsp3) is 1.00. The topological polar surface area (TPSA) is 21.3 Å². The third kappa shape index (κ3) is 5.31. The summed E-state index contributed by atoms with van der Waals surface area (Å²) < 4.78 is 6.03. The molecule has 0 bridgehead atoms. The van der Waals surface area contributed by atoms with E-state index in [1.54, 1.807) is 0 Å². The molecule has 1 rings (SSSR count). The number of hydrogen-bond acceptors (Lipinski definition) is 2. The lowest BCUT2D eigenvalue weighted by Gasteiger charge is -2.29. The van der Waals surface area contributed by atoms with Gasteiger partial charge in [-0.05, 0) is 37.8 Å². The van der Waals surface area contributed by atoms with Crippen LogP contribution in [0.5, 0.6) is 0 Å². The van der Waals surface area contributed by atoms with Gasteiger partial charge in [-0.2, -0.15) is 0 Å². The highest BCUT2D eigenvalue weighted by molar-refractivity contribution is 4.73. The molecule has 2 heteroatoms. The SMILES string of the molecule is CCNCC(C)COC1CCCC(CC)C1. The van der Waals surface area contributed by atoms with E-state index in [1.807, 2.05) is 0 Å². The van der Waals surface area contributed by atoms with E-state index < -0.39 is 0 Å². The lowest BCUT2D eigenvalue weighted by atomic mass is 9.85. The fourth-order valence-corrected chi connectivity index (χ4v) is 2.51. The van der Waals surface area contributed by atoms with Crippen LogP contribution in [0.15, 0.2) is 0 Å². The van der Waals surface area contributed by atoms with Gasteiger partial charge in [-0.3, -0.25) is 0 Å². The van der Waals surface area contributed by atoms with Gasteiger partial charge in [-0.15, -0.1) is 0 Å². The summed E-state index contributed by atoms with van der Waals surface area (Å²) in [6.45, 7) is 9.80. The van der Waals surface area contributed by atoms with Crippen LogP contribution in [0.1, 0.15) is 52.9 Å². The van der Waals surface area contributed by atoms with Gasteiger partial charge >= 0.3 is 0 Å². The molecule has 0 amide bonds. The summed E-state index contributed by atoms with van der Waals surface area (Å²) in [5.41, 5.74) is 0. The van der Waals surface area contributed by atoms with Crippen molar-refractivity contribution in [3.8, 4) is 0 Å². The zero-order valence-corrected chi connectivity index (χ0v) is 11.3. The molecule has 3 unspecified atom stereocenters. The number of rotatable bonds is 7. The third-order valence-corrected chi connectivity index (χ3v) is 3.67. The third-order valence-electron chi connectivity index (χ3n) is 3.67. The second-order valence-electron chi connectivity index (χ2n) is 5.31. The van der Waals surface area contributed by atoms with Gasteiger partial charge in [0.2, 0.25) is 0 Å². The van der Waals surface area contributed by atoms with E-state index in [-0.39, 0.29) is 0 Å². The van der Waals surface area contributed by atoms with Crippen molar-refractivity contribution in [3.63, 3.8) is 0 Å². The number of nitrogens with one attached hydrogen (secondary N) is 1. The molecule has 16 heavy (non-hydrogen) atoms. The Balaban J connectivity index is 2.11. The van der Waals surface area contributed by atoms with E-state index in [1.165, 1.54) is 32.1 Å². The Morgan fingerprint density at radius 1 is 1.31 bits per heavy atom. The van der Waals surface area contributed by atoms with Crippen LogP contribution in [0.3, 0.4) is 0 Å². The van der Waals surface area contributed by atoms with Crippen molar-refractivity contribution in [2.75, 3.05) is 19.7 Å². The van der Waals surface area contributed by atoms with Crippen molar-refractivity contribution in [2.45, 2.75) is 59.0 Å². The van der Waals surface area contributed by atoms with Crippen molar-refractivity contribution < 1.29 is 4.74 Å². The standard InChI is InChI=1S/C14H29NO/c1-4-13-7-6-8-14(9-13)16-11-12(3)10-15-5-2/h12-15H,4-11H2,1-3H3. The largest absolute Gasteiger partial charge is 0.378 e. The fourth-order valence-electron chi connectivity index (χ4n) is 2.51. The van der Waals surface area contributed by atoms with Crippen molar-refractivity contribution in [2.24, 2.45) is 11.8 Å². The molecule has 0 saturated heterocycles. The highest BCUT2D eigenvalue weighted by Gasteiger charge is 2.21. The highest BCUT2D eigenvalue weighted by atomic mass is 16.5. The quantitative estimate of drug-likeness (QED) is 0.721. The van der Waals surface area contributed by atoms with Crippen LogP contribution in [-0.2, 0) is 4.74 Å². The van der Waals surface area contributed by atoms with Crippen LogP contribution < -0.4 is 5.32 Å². The van der Waals surface area contributed by atoms with E-state index in [0.717, 1.165) is 25.6 Å². The molecule has 3 atom stereocenters. The minimum absolute atomic E-state index is 0.544. The van der Waals surface area contributed by atoms with Gasteiger partial charge in [0.1, 0.15) is 0 Å². The summed E-state index contributed by atoms with van der Waals surface area (Å²) in [5, 5.41) is 3.38. The zero-order chi connectivity index (χ0) is 11.8. The Bertz CT molecular complexity index is 172. The van der Waals surface area contributed by atoms with Crippen LogP contribution in [0, 0.1) is 11.8 Å². The number of hydrogen-bond donors (Lipinski definition) is 1. The summed E-state index contributed by atoms with van der Waals surface area (Å²) in [7, 11) is 0. The summed E-state index contributed by atoms with van der Waals surface area (Å²) in [5.74, 6) is 1.56. The molecule has 1 aliphatic rings. The van der Waals surface area contributed by atoms with Gasteiger partial charge in [0.15, 0.2) is 0 Å². The van der Waals surface area contributed by atoms with Gasteiger partial charge in [0.25, 0.3) is 0 Å². The molecule has 0 aromatic carbocycles. The first-order valence-electron chi connectivity index (χ1n) is 7.08. The Hall–Kier alpha value is -0.0800. The molecule has 0 aromatic heterocycles. The van der Waals surface area contributed by atoms with Gasteiger partial charge in [-0.1, -0.05) is 40.0 Å². The molecule has 1 N–H and O–H groups in total. The Labute approximate surface area is 101 Å². The van der Waals surface area contributed by atoms with Gasteiger partial charge in [-0.25, -0.2) is 0 Å².